The average molecular weight is 521 g/mol. The molecule has 3 aromatic rings. The Bertz CT molecular complexity index is 1330. The third kappa shape index (κ3) is 5.20. The Kier molecular flexibility index (Phi) is 6.69. The SMILES string of the molecule is Cc1nc(-c2nnn(C)c2COc2nccc(COC3CC3)n2)ccc1OC1CC2CCC(C(=O)O)C2C1. The highest BCUT2D eigenvalue weighted by Gasteiger charge is 2.47. The van der Waals surface area contributed by atoms with Crippen molar-refractivity contribution in [3.05, 3.63) is 41.5 Å². The maximum atomic E-state index is 11.6. The predicted octanol–water partition coefficient (Wildman–Crippen LogP) is 3.50. The van der Waals surface area contributed by atoms with E-state index in [1.165, 1.54) is 0 Å². The van der Waals surface area contributed by atoms with Gasteiger partial charge in [-0.3, -0.25) is 4.79 Å². The summed E-state index contributed by atoms with van der Waals surface area (Å²) in [5.41, 5.74) is 3.57. The number of carboxylic acid groups (broad SMARTS) is 1. The molecule has 0 saturated heterocycles. The minimum absolute atomic E-state index is 0.0180. The number of carbonyl (C=O) groups is 1. The molecule has 6 rings (SSSR count). The number of rotatable bonds is 10. The van der Waals surface area contributed by atoms with Crippen LogP contribution in [0.1, 0.15) is 55.6 Å². The van der Waals surface area contributed by atoms with E-state index in [9.17, 15) is 9.90 Å². The number of fused-ring (bicyclic) bond motifs is 1. The van der Waals surface area contributed by atoms with Crippen molar-refractivity contribution in [1.29, 1.82) is 0 Å². The molecule has 0 radical (unpaired) electrons. The fourth-order valence-corrected chi connectivity index (χ4v) is 5.76. The van der Waals surface area contributed by atoms with E-state index in [-0.39, 0.29) is 30.6 Å². The molecule has 0 amide bonds. The van der Waals surface area contributed by atoms with Crippen LogP contribution in [0.3, 0.4) is 0 Å². The quantitative estimate of drug-likeness (QED) is 0.423. The Labute approximate surface area is 220 Å². The normalized spacial score (nSPS) is 24.4. The van der Waals surface area contributed by atoms with Crippen molar-refractivity contribution in [3.8, 4) is 23.1 Å². The van der Waals surface area contributed by atoms with Gasteiger partial charge in [-0.25, -0.2) is 14.6 Å². The first-order chi connectivity index (χ1) is 18.4. The standard InChI is InChI=1S/C27H32N6O5/c1-15-24(38-19-11-16-3-6-20(26(34)35)21(16)12-19)8-7-22(29-15)25-23(33(2)32-31-25)14-37-27-28-10-9-17(30-27)13-36-18-4-5-18/h7-10,16,18-21H,3-6,11-14H2,1-2H3,(H,34,35). The molecule has 11 heteroatoms. The summed E-state index contributed by atoms with van der Waals surface area (Å²) < 4.78 is 19.6. The zero-order chi connectivity index (χ0) is 26.2. The molecule has 200 valence electrons. The van der Waals surface area contributed by atoms with Gasteiger partial charge in [0, 0.05) is 13.2 Å². The van der Waals surface area contributed by atoms with Crippen molar-refractivity contribution in [2.24, 2.45) is 24.8 Å². The second-order valence-electron chi connectivity index (χ2n) is 10.6. The minimum Gasteiger partial charge on any atom is -0.489 e. The lowest BCUT2D eigenvalue weighted by atomic mass is 9.92. The molecule has 0 bridgehead atoms. The van der Waals surface area contributed by atoms with Gasteiger partial charge in [-0.15, -0.1) is 5.10 Å². The van der Waals surface area contributed by atoms with Gasteiger partial charge < -0.3 is 19.3 Å². The van der Waals surface area contributed by atoms with E-state index >= 15 is 0 Å². The molecule has 3 aromatic heterocycles. The first kappa shape index (κ1) is 24.7. The highest BCUT2D eigenvalue weighted by Crippen LogP contribution is 2.48. The fourth-order valence-electron chi connectivity index (χ4n) is 5.76. The topological polar surface area (TPSA) is 134 Å². The van der Waals surface area contributed by atoms with Gasteiger partial charge in [-0.2, -0.15) is 4.98 Å². The van der Waals surface area contributed by atoms with Crippen molar-refractivity contribution in [2.45, 2.75) is 70.9 Å². The van der Waals surface area contributed by atoms with Gasteiger partial charge >= 0.3 is 12.0 Å². The monoisotopic (exact) mass is 520 g/mol. The second-order valence-corrected chi connectivity index (χ2v) is 10.6. The Hall–Kier alpha value is -3.60. The van der Waals surface area contributed by atoms with Crippen molar-refractivity contribution in [2.75, 3.05) is 0 Å². The van der Waals surface area contributed by atoms with E-state index in [2.05, 4.69) is 20.3 Å². The van der Waals surface area contributed by atoms with Gasteiger partial charge in [0.15, 0.2) is 0 Å². The molecule has 11 nitrogen and oxygen atoms in total. The van der Waals surface area contributed by atoms with E-state index in [1.54, 1.807) is 10.9 Å². The van der Waals surface area contributed by atoms with Gasteiger partial charge in [-0.1, -0.05) is 5.21 Å². The molecule has 0 spiro atoms. The maximum Gasteiger partial charge on any atom is 0.317 e. The number of ether oxygens (including phenoxy) is 3. The van der Waals surface area contributed by atoms with Crippen LogP contribution in [0, 0.1) is 24.7 Å². The van der Waals surface area contributed by atoms with E-state index in [0.29, 0.717) is 35.8 Å². The molecule has 3 aliphatic carbocycles. The molecule has 4 unspecified atom stereocenters. The van der Waals surface area contributed by atoms with Crippen LogP contribution >= 0.6 is 0 Å². The summed E-state index contributed by atoms with van der Waals surface area (Å²) in [5, 5.41) is 18.0. The first-order valence-corrected chi connectivity index (χ1v) is 13.3. The molecule has 4 atom stereocenters. The Morgan fingerprint density at radius 1 is 1.08 bits per heavy atom. The summed E-state index contributed by atoms with van der Waals surface area (Å²) >= 11 is 0. The van der Waals surface area contributed by atoms with Crippen molar-refractivity contribution < 1.29 is 24.1 Å². The predicted molar refractivity (Wildman–Crippen MR) is 134 cm³/mol. The molecule has 3 heterocycles. The summed E-state index contributed by atoms with van der Waals surface area (Å²) in [4.78, 5) is 25.0. The zero-order valence-electron chi connectivity index (χ0n) is 21.6. The number of hydrogen-bond acceptors (Lipinski definition) is 9. The fraction of sp³-hybridized carbons (Fsp3) is 0.556. The van der Waals surface area contributed by atoms with Gasteiger partial charge in [0.2, 0.25) is 0 Å². The highest BCUT2D eigenvalue weighted by molar-refractivity contribution is 5.71. The van der Waals surface area contributed by atoms with Crippen LogP contribution in [0.15, 0.2) is 24.4 Å². The van der Waals surface area contributed by atoms with E-state index in [0.717, 1.165) is 55.6 Å². The molecule has 1 N–H and O–H groups in total. The lowest BCUT2D eigenvalue weighted by molar-refractivity contribution is -0.143. The van der Waals surface area contributed by atoms with Crippen LogP contribution in [0.4, 0.5) is 0 Å². The second kappa shape index (κ2) is 10.3. The number of aromatic nitrogens is 6. The van der Waals surface area contributed by atoms with Crippen LogP contribution in [0.25, 0.3) is 11.4 Å². The molecule has 38 heavy (non-hydrogen) atoms. The summed E-state index contributed by atoms with van der Waals surface area (Å²) in [7, 11) is 1.81. The summed E-state index contributed by atoms with van der Waals surface area (Å²) in [6.07, 6.45) is 7.69. The molecule has 3 aliphatic rings. The van der Waals surface area contributed by atoms with Crippen LogP contribution in [-0.2, 0) is 29.8 Å². The van der Waals surface area contributed by atoms with Gasteiger partial charge in [0.1, 0.15) is 23.7 Å². The summed E-state index contributed by atoms with van der Waals surface area (Å²) in [5.74, 6) is 0.446. The van der Waals surface area contributed by atoms with Crippen molar-refractivity contribution in [1.82, 2.24) is 29.9 Å². The van der Waals surface area contributed by atoms with E-state index < -0.39 is 5.97 Å². The number of pyridine rings is 1. The van der Waals surface area contributed by atoms with Crippen LogP contribution in [-0.4, -0.2) is 53.2 Å². The van der Waals surface area contributed by atoms with Crippen LogP contribution < -0.4 is 9.47 Å². The Balaban J connectivity index is 1.11. The number of aliphatic carboxylic acids is 1. The van der Waals surface area contributed by atoms with Crippen molar-refractivity contribution in [3.63, 3.8) is 0 Å². The van der Waals surface area contributed by atoms with Crippen molar-refractivity contribution >= 4 is 5.97 Å². The Morgan fingerprint density at radius 3 is 2.74 bits per heavy atom. The number of hydrogen-bond donors (Lipinski definition) is 1. The lowest BCUT2D eigenvalue weighted by Gasteiger charge is -2.18. The molecular weight excluding hydrogens is 488 g/mol. The number of aryl methyl sites for hydroxylation is 2. The average Bonchev–Trinajstić information content (AvgIpc) is 3.35. The summed E-state index contributed by atoms with van der Waals surface area (Å²) in [6, 6.07) is 5.88. The van der Waals surface area contributed by atoms with Crippen LogP contribution in [0.2, 0.25) is 0 Å². The lowest BCUT2D eigenvalue weighted by Crippen LogP contribution is -2.21. The molecule has 0 aliphatic heterocycles. The summed E-state index contributed by atoms with van der Waals surface area (Å²) in [6.45, 7) is 2.53. The maximum absolute atomic E-state index is 11.6. The third-order valence-corrected chi connectivity index (χ3v) is 7.93. The van der Waals surface area contributed by atoms with E-state index in [4.69, 9.17) is 19.2 Å². The number of carboxylic acids is 1. The van der Waals surface area contributed by atoms with Gasteiger partial charge in [-0.05, 0) is 75.5 Å². The molecule has 3 fully saturated rings. The molecule has 3 saturated carbocycles. The van der Waals surface area contributed by atoms with Gasteiger partial charge in [0.05, 0.1) is 41.8 Å². The molecule has 0 aromatic carbocycles. The Morgan fingerprint density at radius 2 is 1.95 bits per heavy atom. The number of nitrogens with zero attached hydrogens (tertiary/aromatic N) is 6. The zero-order valence-corrected chi connectivity index (χ0v) is 21.6. The van der Waals surface area contributed by atoms with Crippen LogP contribution in [0.5, 0.6) is 11.8 Å². The minimum atomic E-state index is -0.675. The smallest absolute Gasteiger partial charge is 0.317 e. The van der Waals surface area contributed by atoms with Gasteiger partial charge in [0.25, 0.3) is 0 Å². The first-order valence-electron chi connectivity index (χ1n) is 13.3. The third-order valence-electron chi connectivity index (χ3n) is 7.93. The largest absolute Gasteiger partial charge is 0.489 e. The molecular formula is C27H32N6O5. The highest BCUT2D eigenvalue weighted by atomic mass is 16.5. The van der Waals surface area contributed by atoms with E-state index in [1.807, 2.05) is 32.2 Å².